The molecule has 0 radical (unpaired) electrons. The van der Waals surface area contributed by atoms with Crippen LogP contribution < -0.4 is 4.72 Å². The van der Waals surface area contributed by atoms with E-state index in [2.05, 4.69) is 9.71 Å². The van der Waals surface area contributed by atoms with Gasteiger partial charge in [-0.15, -0.1) is 0 Å². The zero-order chi connectivity index (χ0) is 17.2. The Morgan fingerprint density at radius 1 is 1.04 bits per heavy atom. The lowest BCUT2D eigenvalue weighted by molar-refractivity contribution is 0.101. The van der Waals surface area contributed by atoms with E-state index in [0.717, 1.165) is 10.9 Å². The Hall–Kier alpha value is -2.57. The van der Waals surface area contributed by atoms with Crippen molar-refractivity contribution in [1.82, 2.24) is 9.71 Å². The van der Waals surface area contributed by atoms with Crippen LogP contribution in [0.15, 0.2) is 65.6 Å². The van der Waals surface area contributed by atoms with Crippen LogP contribution in [-0.4, -0.2) is 19.2 Å². The van der Waals surface area contributed by atoms with E-state index in [-0.39, 0.29) is 17.2 Å². The highest BCUT2D eigenvalue weighted by molar-refractivity contribution is 7.89. The van der Waals surface area contributed by atoms with Gasteiger partial charge in [-0.25, -0.2) is 13.1 Å². The Kier molecular flexibility index (Phi) is 4.42. The Labute approximate surface area is 140 Å². The van der Waals surface area contributed by atoms with Crippen molar-refractivity contribution in [1.29, 1.82) is 0 Å². The number of benzene rings is 2. The highest BCUT2D eigenvalue weighted by Gasteiger charge is 2.15. The molecule has 1 N–H and O–H groups in total. The number of rotatable bonds is 5. The van der Waals surface area contributed by atoms with Crippen LogP contribution in [0.2, 0.25) is 0 Å². The zero-order valence-corrected chi connectivity index (χ0v) is 13.9. The molecule has 0 unspecified atom stereocenters. The maximum absolute atomic E-state index is 12.4. The molecule has 0 bridgehead atoms. The van der Waals surface area contributed by atoms with E-state index in [9.17, 15) is 13.2 Å². The van der Waals surface area contributed by atoms with Gasteiger partial charge in [0.15, 0.2) is 5.78 Å². The molecule has 3 rings (SSSR count). The van der Waals surface area contributed by atoms with E-state index in [0.29, 0.717) is 11.3 Å². The normalized spacial score (nSPS) is 11.5. The standard InChI is InChI=1S/C18H16N2O3S/c1-13(21)15-6-4-7-17(11-15)24(22,23)19-12-16-10-9-14-5-2-3-8-18(14)20-16/h2-11,19H,12H2,1H3. The summed E-state index contributed by atoms with van der Waals surface area (Å²) in [5, 5.41) is 0.998. The van der Waals surface area contributed by atoms with Gasteiger partial charge in [0.2, 0.25) is 10.0 Å². The van der Waals surface area contributed by atoms with Crippen LogP contribution in [0.4, 0.5) is 0 Å². The van der Waals surface area contributed by atoms with E-state index < -0.39 is 10.0 Å². The van der Waals surface area contributed by atoms with Crippen molar-refractivity contribution in [2.75, 3.05) is 0 Å². The number of hydrogen-bond donors (Lipinski definition) is 1. The minimum absolute atomic E-state index is 0.0657. The van der Waals surface area contributed by atoms with Crippen molar-refractivity contribution in [3.63, 3.8) is 0 Å². The number of pyridine rings is 1. The molecule has 0 aliphatic heterocycles. The molecule has 1 aromatic heterocycles. The minimum atomic E-state index is -3.71. The maximum atomic E-state index is 12.4. The first kappa shape index (κ1) is 16.3. The van der Waals surface area contributed by atoms with Gasteiger partial charge in [0.25, 0.3) is 0 Å². The van der Waals surface area contributed by atoms with Gasteiger partial charge >= 0.3 is 0 Å². The van der Waals surface area contributed by atoms with Crippen molar-refractivity contribution in [3.05, 3.63) is 71.9 Å². The Morgan fingerprint density at radius 2 is 1.83 bits per heavy atom. The van der Waals surface area contributed by atoms with Crippen LogP contribution in [0, 0.1) is 0 Å². The fourth-order valence-corrected chi connectivity index (χ4v) is 3.39. The second-order valence-electron chi connectivity index (χ2n) is 5.40. The predicted octanol–water partition coefficient (Wildman–Crippen LogP) is 2.92. The van der Waals surface area contributed by atoms with Crippen LogP contribution in [0.25, 0.3) is 10.9 Å². The lowest BCUT2D eigenvalue weighted by Gasteiger charge is -2.08. The van der Waals surface area contributed by atoms with Crippen LogP contribution in [0.5, 0.6) is 0 Å². The molecule has 24 heavy (non-hydrogen) atoms. The molecule has 0 fully saturated rings. The third kappa shape index (κ3) is 3.50. The van der Waals surface area contributed by atoms with Crippen molar-refractivity contribution < 1.29 is 13.2 Å². The van der Waals surface area contributed by atoms with Gasteiger partial charge in [-0.3, -0.25) is 9.78 Å². The first-order valence-corrected chi connectivity index (χ1v) is 8.89. The minimum Gasteiger partial charge on any atom is -0.295 e. The van der Waals surface area contributed by atoms with Gasteiger partial charge in [0, 0.05) is 10.9 Å². The summed E-state index contributed by atoms with van der Waals surface area (Å²) < 4.78 is 27.3. The number of sulfonamides is 1. The summed E-state index contributed by atoms with van der Waals surface area (Å²) in [6.45, 7) is 1.48. The molecule has 0 spiro atoms. The van der Waals surface area contributed by atoms with Gasteiger partial charge in [-0.05, 0) is 31.2 Å². The molecule has 0 atom stereocenters. The molecule has 3 aromatic rings. The van der Waals surface area contributed by atoms with E-state index in [1.807, 2.05) is 30.3 Å². The van der Waals surface area contributed by atoms with Crippen molar-refractivity contribution in [2.45, 2.75) is 18.4 Å². The number of hydrogen-bond acceptors (Lipinski definition) is 4. The summed E-state index contributed by atoms with van der Waals surface area (Å²) in [5.41, 5.74) is 1.80. The molecule has 1 heterocycles. The van der Waals surface area contributed by atoms with Crippen LogP contribution >= 0.6 is 0 Å². The number of para-hydroxylation sites is 1. The summed E-state index contributed by atoms with van der Waals surface area (Å²) in [6.07, 6.45) is 0. The Balaban J connectivity index is 1.81. The quantitative estimate of drug-likeness (QED) is 0.725. The van der Waals surface area contributed by atoms with Crippen molar-refractivity contribution in [3.8, 4) is 0 Å². The lowest BCUT2D eigenvalue weighted by atomic mass is 10.2. The topological polar surface area (TPSA) is 76.1 Å². The molecule has 0 aliphatic carbocycles. The second kappa shape index (κ2) is 6.51. The summed E-state index contributed by atoms with van der Waals surface area (Å²) in [4.78, 5) is 15.9. The predicted molar refractivity (Wildman–Crippen MR) is 92.2 cm³/mol. The molecular weight excluding hydrogens is 324 g/mol. The number of nitrogens with one attached hydrogen (secondary N) is 1. The first-order valence-electron chi connectivity index (χ1n) is 7.41. The molecule has 122 valence electrons. The van der Waals surface area contributed by atoms with E-state index in [4.69, 9.17) is 0 Å². The third-order valence-corrected chi connectivity index (χ3v) is 5.05. The summed E-state index contributed by atoms with van der Waals surface area (Å²) in [5.74, 6) is -0.178. The summed E-state index contributed by atoms with van der Waals surface area (Å²) in [6, 6.07) is 17.3. The van der Waals surface area contributed by atoms with Gasteiger partial charge < -0.3 is 0 Å². The van der Waals surface area contributed by atoms with Crippen molar-refractivity contribution in [2.24, 2.45) is 0 Å². The molecule has 5 nitrogen and oxygen atoms in total. The van der Waals surface area contributed by atoms with Crippen molar-refractivity contribution >= 4 is 26.7 Å². The fraction of sp³-hybridized carbons (Fsp3) is 0.111. The Morgan fingerprint density at radius 3 is 2.62 bits per heavy atom. The van der Waals surface area contributed by atoms with Crippen LogP contribution in [-0.2, 0) is 16.6 Å². The average molecular weight is 340 g/mol. The molecule has 2 aromatic carbocycles. The highest BCUT2D eigenvalue weighted by atomic mass is 32.2. The number of aromatic nitrogens is 1. The zero-order valence-electron chi connectivity index (χ0n) is 13.1. The van der Waals surface area contributed by atoms with Crippen LogP contribution in [0.1, 0.15) is 23.0 Å². The molecule has 0 amide bonds. The van der Waals surface area contributed by atoms with Gasteiger partial charge in [0.1, 0.15) is 0 Å². The molecule has 0 saturated carbocycles. The number of fused-ring (bicyclic) bond motifs is 1. The van der Waals surface area contributed by atoms with Crippen LogP contribution in [0.3, 0.4) is 0 Å². The largest absolute Gasteiger partial charge is 0.295 e. The lowest BCUT2D eigenvalue weighted by Crippen LogP contribution is -2.24. The van der Waals surface area contributed by atoms with E-state index in [1.165, 1.54) is 19.1 Å². The Bertz CT molecular complexity index is 1010. The maximum Gasteiger partial charge on any atom is 0.240 e. The molecule has 0 saturated heterocycles. The second-order valence-corrected chi connectivity index (χ2v) is 7.17. The highest BCUT2D eigenvalue weighted by Crippen LogP contribution is 2.14. The third-order valence-electron chi connectivity index (χ3n) is 3.65. The molecule has 0 aliphatic rings. The number of carbonyl (C=O) groups is 1. The molecular formula is C18H16N2O3S. The van der Waals surface area contributed by atoms with Gasteiger partial charge in [-0.2, -0.15) is 0 Å². The first-order chi connectivity index (χ1) is 11.5. The fourth-order valence-electron chi connectivity index (χ4n) is 2.34. The summed E-state index contributed by atoms with van der Waals surface area (Å²) >= 11 is 0. The van der Waals surface area contributed by atoms with E-state index >= 15 is 0 Å². The summed E-state index contributed by atoms with van der Waals surface area (Å²) in [7, 11) is -3.71. The number of ketones is 1. The number of carbonyl (C=O) groups excluding carboxylic acids is 1. The number of Topliss-reactive ketones (excluding diaryl/α,β-unsaturated/α-hetero) is 1. The van der Waals surface area contributed by atoms with Gasteiger partial charge in [-0.1, -0.05) is 36.4 Å². The SMILES string of the molecule is CC(=O)c1cccc(S(=O)(=O)NCc2ccc3ccccc3n2)c1. The van der Waals surface area contributed by atoms with Gasteiger partial charge in [0.05, 0.1) is 22.7 Å². The van der Waals surface area contributed by atoms with E-state index in [1.54, 1.807) is 18.2 Å². The monoisotopic (exact) mass is 340 g/mol. The average Bonchev–Trinajstić information content (AvgIpc) is 2.60. The number of nitrogens with zero attached hydrogens (tertiary/aromatic N) is 1. The smallest absolute Gasteiger partial charge is 0.240 e. The molecule has 6 heteroatoms.